The quantitative estimate of drug-likeness (QED) is 0.640. The van der Waals surface area contributed by atoms with Gasteiger partial charge in [-0.25, -0.2) is 9.18 Å². The minimum atomic E-state index is -1.56. The van der Waals surface area contributed by atoms with Gasteiger partial charge in [0.2, 0.25) is 0 Å². The Balaban J connectivity index is 3.16. The lowest BCUT2D eigenvalue weighted by Gasteiger charge is -1.98. The van der Waals surface area contributed by atoms with Crippen molar-refractivity contribution in [3.8, 4) is 0 Å². The van der Waals surface area contributed by atoms with Gasteiger partial charge in [-0.1, -0.05) is 0 Å². The summed E-state index contributed by atoms with van der Waals surface area (Å²) >= 11 is 2.89. The van der Waals surface area contributed by atoms with Crippen molar-refractivity contribution in [2.24, 2.45) is 0 Å². The summed E-state index contributed by atoms with van der Waals surface area (Å²) in [4.78, 5) is 21.2. The summed E-state index contributed by atoms with van der Waals surface area (Å²) in [7, 11) is 0. The van der Waals surface area contributed by atoms with E-state index in [1.54, 1.807) is 0 Å². The Morgan fingerprint density at radius 1 is 1.38 bits per heavy atom. The summed E-state index contributed by atoms with van der Waals surface area (Å²) in [5.41, 5.74) is -0.0612. The SMILES string of the molecule is O=C(O)C(=O)c1ccc(F)cc1Br. The van der Waals surface area contributed by atoms with Crippen molar-refractivity contribution in [3.63, 3.8) is 0 Å². The maximum Gasteiger partial charge on any atom is 0.377 e. The molecule has 1 aromatic rings. The molecule has 0 saturated heterocycles. The van der Waals surface area contributed by atoms with Gasteiger partial charge in [0.15, 0.2) is 0 Å². The van der Waals surface area contributed by atoms with E-state index in [1.165, 1.54) is 0 Å². The van der Waals surface area contributed by atoms with Gasteiger partial charge in [-0.05, 0) is 34.1 Å². The van der Waals surface area contributed by atoms with Crippen LogP contribution in [0.15, 0.2) is 22.7 Å². The molecule has 13 heavy (non-hydrogen) atoms. The van der Waals surface area contributed by atoms with Crippen molar-refractivity contribution in [2.75, 3.05) is 0 Å². The average Bonchev–Trinajstić information content (AvgIpc) is 2.03. The van der Waals surface area contributed by atoms with E-state index in [2.05, 4.69) is 15.9 Å². The third-order valence-corrected chi connectivity index (χ3v) is 2.03. The largest absolute Gasteiger partial charge is 0.475 e. The van der Waals surface area contributed by atoms with E-state index in [0.717, 1.165) is 18.2 Å². The van der Waals surface area contributed by atoms with Crippen LogP contribution in [0.1, 0.15) is 10.4 Å². The van der Waals surface area contributed by atoms with Crippen molar-refractivity contribution in [1.82, 2.24) is 0 Å². The van der Waals surface area contributed by atoms with Gasteiger partial charge in [0.25, 0.3) is 5.78 Å². The van der Waals surface area contributed by atoms with Crippen molar-refractivity contribution in [1.29, 1.82) is 0 Å². The molecular weight excluding hydrogens is 243 g/mol. The molecule has 0 unspecified atom stereocenters. The first-order chi connectivity index (χ1) is 6.02. The molecule has 1 N–H and O–H groups in total. The fourth-order valence-electron chi connectivity index (χ4n) is 0.789. The predicted molar refractivity (Wildman–Crippen MR) is 46.1 cm³/mol. The highest BCUT2D eigenvalue weighted by molar-refractivity contribution is 9.10. The first-order valence-corrected chi connectivity index (χ1v) is 4.04. The first kappa shape index (κ1) is 9.85. The number of halogens is 2. The van der Waals surface area contributed by atoms with Gasteiger partial charge in [-0.3, -0.25) is 4.79 Å². The lowest BCUT2D eigenvalue weighted by molar-refractivity contribution is -0.131. The van der Waals surface area contributed by atoms with Crippen LogP contribution in [0.4, 0.5) is 4.39 Å². The minimum absolute atomic E-state index is 0.0612. The number of rotatable bonds is 2. The normalized spacial score (nSPS) is 9.69. The van der Waals surface area contributed by atoms with Crippen LogP contribution in [0.2, 0.25) is 0 Å². The van der Waals surface area contributed by atoms with E-state index in [1.807, 2.05) is 0 Å². The Kier molecular flexibility index (Phi) is 2.77. The van der Waals surface area contributed by atoms with Gasteiger partial charge in [-0.2, -0.15) is 0 Å². The number of carbonyl (C=O) groups is 2. The fourth-order valence-corrected chi connectivity index (χ4v) is 1.32. The van der Waals surface area contributed by atoms with E-state index in [-0.39, 0.29) is 10.0 Å². The molecule has 0 bridgehead atoms. The highest BCUT2D eigenvalue weighted by Gasteiger charge is 2.17. The second kappa shape index (κ2) is 3.66. The summed E-state index contributed by atoms with van der Waals surface area (Å²) in [6, 6.07) is 3.19. The number of hydrogen-bond acceptors (Lipinski definition) is 2. The number of aliphatic carboxylic acids is 1. The number of carboxylic acid groups (broad SMARTS) is 1. The zero-order valence-corrected chi connectivity index (χ0v) is 7.84. The molecule has 1 aromatic carbocycles. The molecule has 0 fully saturated rings. The van der Waals surface area contributed by atoms with Gasteiger partial charge >= 0.3 is 5.97 Å². The van der Waals surface area contributed by atoms with E-state index in [9.17, 15) is 14.0 Å². The molecule has 0 amide bonds. The second-order valence-corrected chi connectivity index (χ2v) is 3.11. The molecule has 0 spiro atoms. The lowest BCUT2D eigenvalue weighted by atomic mass is 10.1. The first-order valence-electron chi connectivity index (χ1n) is 3.25. The minimum Gasteiger partial charge on any atom is -0.475 e. The molecule has 0 heterocycles. The monoisotopic (exact) mass is 246 g/mol. The molecule has 3 nitrogen and oxygen atoms in total. The Labute approximate surface area is 81.3 Å². The standard InChI is InChI=1S/C8H4BrFO3/c9-6-3-4(10)1-2-5(6)7(11)8(12)13/h1-3H,(H,12,13). The molecule has 0 aromatic heterocycles. The van der Waals surface area contributed by atoms with Crippen LogP contribution in [-0.2, 0) is 4.79 Å². The maximum atomic E-state index is 12.5. The topological polar surface area (TPSA) is 54.4 Å². The van der Waals surface area contributed by atoms with Crippen LogP contribution in [0.3, 0.4) is 0 Å². The van der Waals surface area contributed by atoms with Crippen LogP contribution in [-0.4, -0.2) is 16.9 Å². The van der Waals surface area contributed by atoms with Crippen LogP contribution in [0.25, 0.3) is 0 Å². The van der Waals surface area contributed by atoms with Crippen molar-refractivity contribution in [3.05, 3.63) is 34.1 Å². The Bertz CT molecular complexity index is 376. The number of Topliss-reactive ketones (excluding diaryl/α,β-unsaturated/α-hetero) is 1. The van der Waals surface area contributed by atoms with Crippen molar-refractivity contribution in [2.45, 2.75) is 0 Å². The van der Waals surface area contributed by atoms with Gasteiger partial charge in [-0.15, -0.1) is 0 Å². The molecule has 0 aliphatic rings. The highest BCUT2D eigenvalue weighted by Crippen LogP contribution is 2.18. The van der Waals surface area contributed by atoms with E-state index < -0.39 is 17.6 Å². The molecule has 5 heteroatoms. The Morgan fingerprint density at radius 3 is 2.46 bits per heavy atom. The van der Waals surface area contributed by atoms with Gasteiger partial charge < -0.3 is 5.11 Å². The summed E-state index contributed by atoms with van der Waals surface area (Å²) < 4.78 is 12.7. The van der Waals surface area contributed by atoms with Crippen molar-refractivity contribution < 1.29 is 19.1 Å². The number of ketones is 1. The summed E-state index contributed by atoms with van der Waals surface area (Å²) in [5, 5.41) is 8.37. The zero-order valence-electron chi connectivity index (χ0n) is 6.25. The maximum absolute atomic E-state index is 12.5. The number of hydrogen-bond donors (Lipinski definition) is 1. The molecule has 68 valence electrons. The molecule has 0 atom stereocenters. The molecule has 0 aliphatic heterocycles. The Morgan fingerprint density at radius 2 is 2.00 bits per heavy atom. The summed E-state index contributed by atoms with van der Waals surface area (Å²) in [5.74, 6) is -3.16. The van der Waals surface area contributed by atoms with E-state index in [4.69, 9.17) is 5.11 Å². The molecule has 0 aliphatic carbocycles. The third-order valence-electron chi connectivity index (χ3n) is 1.37. The highest BCUT2D eigenvalue weighted by atomic mass is 79.9. The molecule has 0 saturated carbocycles. The Hall–Kier alpha value is -1.23. The molecular formula is C8H4BrFO3. The third kappa shape index (κ3) is 2.12. The number of carbonyl (C=O) groups excluding carboxylic acids is 1. The average molecular weight is 247 g/mol. The summed E-state index contributed by atoms with van der Waals surface area (Å²) in [6.45, 7) is 0. The predicted octanol–water partition coefficient (Wildman–Crippen LogP) is 1.86. The van der Waals surface area contributed by atoms with E-state index in [0.29, 0.717) is 0 Å². The zero-order chi connectivity index (χ0) is 10.0. The van der Waals surface area contributed by atoms with Crippen LogP contribution < -0.4 is 0 Å². The van der Waals surface area contributed by atoms with E-state index >= 15 is 0 Å². The van der Waals surface area contributed by atoms with Gasteiger partial charge in [0.1, 0.15) is 5.82 Å². The fraction of sp³-hybridized carbons (Fsp3) is 0. The number of benzene rings is 1. The van der Waals surface area contributed by atoms with Crippen LogP contribution in [0, 0.1) is 5.82 Å². The smallest absolute Gasteiger partial charge is 0.377 e. The van der Waals surface area contributed by atoms with Gasteiger partial charge in [0, 0.05) is 10.0 Å². The summed E-state index contributed by atoms with van der Waals surface area (Å²) in [6.07, 6.45) is 0. The van der Waals surface area contributed by atoms with Crippen LogP contribution >= 0.6 is 15.9 Å². The lowest BCUT2D eigenvalue weighted by Crippen LogP contribution is -2.13. The van der Waals surface area contributed by atoms with Crippen LogP contribution in [0.5, 0.6) is 0 Å². The van der Waals surface area contributed by atoms with Gasteiger partial charge in [0.05, 0.1) is 0 Å². The van der Waals surface area contributed by atoms with Crippen molar-refractivity contribution >= 4 is 27.7 Å². The molecule has 0 radical (unpaired) electrons. The number of carboxylic acids is 1. The molecule has 1 rings (SSSR count). The second-order valence-electron chi connectivity index (χ2n) is 2.26.